The second-order valence-corrected chi connectivity index (χ2v) is 15.4. The predicted octanol–water partition coefficient (Wildman–Crippen LogP) is 10.6. The molecule has 238 valence electrons. The van der Waals surface area contributed by atoms with Crippen molar-refractivity contribution in [3.8, 4) is 45.3 Å². The summed E-state index contributed by atoms with van der Waals surface area (Å²) in [6.07, 6.45) is 0. The molecule has 0 N–H and O–H groups in total. The first-order valence-corrected chi connectivity index (χ1v) is 17.0. The summed E-state index contributed by atoms with van der Waals surface area (Å²) in [5, 5.41) is 3.35. The molecule has 0 radical (unpaired) electrons. The van der Waals surface area contributed by atoms with Crippen LogP contribution in [0.25, 0.3) is 43.8 Å². The smallest absolute Gasteiger partial charge is 0.260 e. The van der Waals surface area contributed by atoms with E-state index in [1.54, 1.807) is 0 Å². The standard InChI is InChI=1S/C46H39BO2/c1-45(2,3)30-20-22-38-36(26-30)47-37-27-31(46(4,5)6)21-23-39(37)49-41-25-29(24-40(48-38)44(41)47)43-34-18-12-10-16-32(34)42(28-14-8-7-9-15-28)33-17-11-13-19-35(33)43/h7-27H,1-6H3/i7D,8D,9D,14D,15D. The van der Waals surface area contributed by atoms with Crippen molar-refractivity contribution in [3.63, 3.8) is 0 Å². The van der Waals surface area contributed by atoms with E-state index in [2.05, 4.69) is 90.1 Å². The summed E-state index contributed by atoms with van der Waals surface area (Å²) in [4.78, 5) is 0. The summed E-state index contributed by atoms with van der Waals surface area (Å²) in [7, 11) is 0. The zero-order chi connectivity index (χ0) is 38.0. The molecule has 0 amide bonds. The summed E-state index contributed by atoms with van der Waals surface area (Å²) in [6, 6.07) is 31.6. The molecule has 3 heteroatoms. The van der Waals surface area contributed by atoms with Crippen LogP contribution in [-0.2, 0) is 10.8 Å². The van der Waals surface area contributed by atoms with Crippen LogP contribution in [0.1, 0.15) is 59.5 Å². The molecule has 0 saturated heterocycles. The van der Waals surface area contributed by atoms with E-state index in [0.29, 0.717) is 5.56 Å². The van der Waals surface area contributed by atoms with Gasteiger partial charge < -0.3 is 9.47 Å². The van der Waals surface area contributed by atoms with Gasteiger partial charge in [-0.15, -0.1) is 0 Å². The molecule has 0 aromatic heterocycles. The van der Waals surface area contributed by atoms with E-state index < -0.39 is 6.04 Å². The van der Waals surface area contributed by atoms with E-state index in [9.17, 15) is 0 Å². The summed E-state index contributed by atoms with van der Waals surface area (Å²) < 4.78 is 56.8. The predicted molar refractivity (Wildman–Crippen MR) is 207 cm³/mol. The van der Waals surface area contributed by atoms with Gasteiger partial charge in [0.2, 0.25) is 0 Å². The molecule has 9 rings (SSSR count). The maximum absolute atomic E-state index is 8.93. The van der Waals surface area contributed by atoms with Gasteiger partial charge in [0, 0.05) is 5.46 Å². The Hall–Kier alpha value is -5.28. The average molecular weight is 640 g/mol. The van der Waals surface area contributed by atoms with Crippen LogP contribution in [0.4, 0.5) is 0 Å². The van der Waals surface area contributed by atoms with Crippen LogP contribution in [0.2, 0.25) is 0 Å². The topological polar surface area (TPSA) is 18.5 Å². The molecule has 2 heterocycles. The maximum Gasteiger partial charge on any atom is 0.260 e. The van der Waals surface area contributed by atoms with E-state index in [0.717, 1.165) is 72.1 Å². The molecule has 7 aromatic carbocycles. The second-order valence-electron chi connectivity index (χ2n) is 15.4. The summed E-state index contributed by atoms with van der Waals surface area (Å²) in [6.45, 7) is 13.3. The minimum absolute atomic E-state index is 0.0489. The Bertz CT molecular complexity index is 2590. The van der Waals surface area contributed by atoms with Gasteiger partial charge in [-0.05, 0) is 101 Å². The lowest BCUT2D eigenvalue weighted by atomic mass is 9.34. The van der Waals surface area contributed by atoms with Crippen molar-refractivity contribution in [2.24, 2.45) is 0 Å². The number of rotatable bonds is 2. The average Bonchev–Trinajstić information content (AvgIpc) is 3.14. The SMILES string of the molecule is [2H]c1c([2H])c([2H])c(-c2c3ccccc3c(-c3cc4c5c(c3)Oc3ccc(C(C)(C)C)cc3B5c3cc(C(C)(C)C)ccc3O4)c3ccccc23)c([2H])c1[2H]. The van der Waals surface area contributed by atoms with Gasteiger partial charge in [-0.25, -0.2) is 0 Å². The Kier molecular flexibility index (Phi) is 5.37. The molecular weight excluding hydrogens is 595 g/mol. The first-order chi connectivity index (χ1) is 25.6. The van der Waals surface area contributed by atoms with Gasteiger partial charge in [-0.3, -0.25) is 0 Å². The van der Waals surface area contributed by atoms with E-state index in [4.69, 9.17) is 16.3 Å². The highest BCUT2D eigenvalue weighted by Gasteiger charge is 2.41. The number of hydrogen-bond acceptors (Lipinski definition) is 2. The van der Waals surface area contributed by atoms with Crippen LogP contribution in [0.15, 0.2) is 127 Å². The quantitative estimate of drug-likeness (QED) is 0.138. The zero-order valence-electron chi connectivity index (χ0n) is 33.6. The number of ether oxygens (including phenoxy) is 2. The van der Waals surface area contributed by atoms with Crippen molar-refractivity contribution in [1.82, 2.24) is 0 Å². The van der Waals surface area contributed by atoms with Crippen molar-refractivity contribution in [2.75, 3.05) is 0 Å². The molecule has 0 bridgehead atoms. The first-order valence-electron chi connectivity index (χ1n) is 19.5. The first kappa shape index (κ1) is 24.8. The van der Waals surface area contributed by atoms with Gasteiger partial charge in [0.05, 0.1) is 6.85 Å². The van der Waals surface area contributed by atoms with Crippen LogP contribution < -0.4 is 25.9 Å². The van der Waals surface area contributed by atoms with Crippen LogP contribution in [0.3, 0.4) is 0 Å². The van der Waals surface area contributed by atoms with E-state index in [1.807, 2.05) is 48.5 Å². The lowest BCUT2D eigenvalue weighted by molar-refractivity contribution is 0.464. The second kappa shape index (κ2) is 10.6. The minimum Gasteiger partial charge on any atom is -0.458 e. The van der Waals surface area contributed by atoms with Gasteiger partial charge in [-0.2, -0.15) is 0 Å². The Balaban J connectivity index is 1.34. The van der Waals surface area contributed by atoms with Gasteiger partial charge >= 0.3 is 0 Å². The highest BCUT2D eigenvalue weighted by molar-refractivity contribution is 6.98. The molecular formula is C46H39BO2. The van der Waals surface area contributed by atoms with E-state index >= 15 is 0 Å². The molecule has 0 atom stereocenters. The third-order valence-corrected chi connectivity index (χ3v) is 10.2. The van der Waals surface area contributed by atoms with Gasteiger partial charge in [0.25, 0.3) is 6.71 Å². The largest absolute Gasteiger partial charge is 0.458 e. The van der Waals surface area contributed by atoms with Gasteiger partial charge in [0.15, 0.2) is 0 Å². The van der Waals surface area contributed by atoms with Gasteiger partial charge in [0.1, 0.15) is 23.0 Å². The van der Waals surface area contributed by atoms with Crippen LogP contribution in [0, 0.1) is 0 Å². The molecule has 0 fully saturated rings. The lowest BCUT2D eigenvalue weighted by Gasteiger charge is -2.35. The minimum atomic E-state index is -0.410. The van der Waals surface area contributed by atoms with Crippen molar-refractivity contribution in [3.05, 3.63) is 138 Å². The zero-order valence-corrected chi connectivity index (χ0v) is 28.6. The molecule has 7 aromatic rings. The Labute approximate surface area is 296 Å². The number of hydrogen-bond donors (Lipinski definition) is 0. The molecule has 2 aliphatic rings. The molecule has 2 aliphatic heterocycles. The van der Waals surface area contributed by atoms with Crippen molar-refractivity contribution in [1.29, 1.82) is 0 Å². The van der Waals surface area contributed by atoms with Crippen LogP contribution in [-0.4, -0.2) is 6.71 Å². The molecule has 0 saturated carbocycles. The monoisotopic (exact) mass is 639 g/mol. The molecule has 49 heavy (non-hydrogen) atoms. The Morgan fingerprint density at radius 2 is 0.918 bits per heavy atom. The third kappa shape index (κ3) is 4.70. The Morgan fingerprint density at radius 1 is 0.490 bits per heavy atom. The molecule has 0 aliphatic carbocycles. The fourth-order valence-corrected chi connectivity index (χ4v) is 7.67. The molecule has 0 spiro atoms. The summed E-state index contributed by atoms with van der Waals surface area (Å²) >= 11 is 0. The molecule has 2 nitrogen and oxygen atoms in total. The normalized spacial score (nSPS) is 14.8. The summed E-state index contributed by atoms with van der Waals surface area (Å²) in [5.41, 5.74) is 8.27. The highest BCUT2D eigenvalue weighted by Crippen LogP contribution is 2.46. The van der Waals surface area contributed by atoms with Crippen molar-refractivity contribution >= 4 is 44.6 Å². The van der Waals surface area contributed by atoms with Gasteiger partial charge in [-0.1, -0.05) is 145 Å². The summed E-state index contributed by atoms with van der Waals surface area (Å²) in [5.74, 6) is 3.11. The number of fused-ring (bicyclic) bond motifs is 6. The highest BCUT2D eigenvalue weighted by atomic mass is 16.5. The molecule has 0 unspecified atom stereocenters. The third-order valence-electron chi connectivity index (χ3n) is 10.2. The van der Waals surface area contributed by atoms with E-state index in [1.165, 1.54) is 11.1 Å². The van der Waals surface area contributed by atoms with Crippen LogP contribution >= 0.6 is 0 Å². The Morgan fingerprint density at radius 3 is 1.35 bits per heavy atom. The fourth-order valence-electron chi connectivity index (χ4n) is 7.67. The number of benzene rings is 7. The van der Waals surface area contributed by atoms with Crippen molar-refractivity contribution in [2.45, 2.75) is 52.4 Å². The van der Waals surface area contributed by atoms with Crippen molar-refractivity contribution < 1.29 is 16.3 Å². The maximum atomic E-state index is 8.93. The fraction of sp³-hybridized carbons (Fsp3) is 0.174. The van der Waals surface area contributed by atoms with Crippen LogP contribution in [0.5, 0.6) is 23.0 Å². The van der Waals surface area contributed by atoms with E-state index in [-0.39, 0.29) is 47.3 Å². The lowest BCUT2D eigenvalue weighted by Crippen LogP contribution is -2.57.